The van der Waals surface area contributed by atoms with Crippen molar-refractivity contribution in [2.45, 2.75) is 6.92 Å². The van der Waals surface area contributed by atoms with Gasteiger partial charge in [-0.2, -0.15) is 0 Å². The minimum Gasteiger partial charge on any atom is -0.458 e. The van der Waals surface area contributed by atoms with Gasteiger partial charge in [0.1, 0.15) is 5.76 Å². The summed E-state index contributed by atoms with van der Waals surface area (Å²) >= 11 is 11.9. The third-order valence-electron chi connectivity index (χ3n) is 2.72. The minimum absolute atomic E-state index is 0.175. The molecular weight excluding hydrogens is 287 g/mol. The van der Waals surface area contributed by atoms with Crippen LogP contribution in [0.25, 0.3) is 11.0 Å². The van der Waals surface area contributed by atoms with Gasteiger partial charge in [-0.15, -0.1) is 0 Å². The molecule has 0 spiro atoms. The van der Waals surface area contributed by atoms with Crippen LogP contribution in [-0.4, -0.2) is 5.78 Å². The van der Waals surface area contributed by atoms with Gasteiger partial charge in [-0.25, -0.2) is 0 Å². The van der Waals surface area contributed by atoms with Crippen LogP contribution in [0.5, 0.6) is 0 Å². The van der Waals surface area contributed by atoms with Gasteiger partial charge in [0, 0.05) is 10.4 Å². The van der Waals surface area contributed by atoms with Crippen molar-refractivity contribution < 1.29 is 13.6 Å². The molecule has 0 bridgehead atoms. The van der Waals surface area contributed by atoms with Gasteiger partial charge in [0.25, 0.3) is 5.78 Å². The van der Waals surface area contributed by atoms with E-state index in [0.29, 0.717) is 26.8 Å². The normalized spacial score (nSPS) is 11.1. The van der Waals surface area contributed by atoms with Crippen molar-refractivity contribution in [2.24, 2.45) is 0 Å². The topological polar surface area (TPSA) is 43.4 Å². The van der Waals surface area contributed by atoms with E-state index in [4.69, 9.17) is 32.0 Å². The molecule has 0 saturated heterocycles. The van der Waals surface area contributed by atoms with Gasteiger partial charge in [-0.05, 0) is 37.3 Å². The van der Waals surface area contributed by atoms with Gasteiger partial charge in [0.2, 0.25) is 0 Å². The molecule has 0 aliphatic carbocycles. The second kappa shape index (κ2) is 4.44. The van der Waals surface area contributed by atoms with Gasteiger partial charge >= 0.3 is 0 Å². The van der Waals surface area contributed by atoms with Crippen LogP contribution in [0.15, 0.2) is 39.2 Å². The Labute approximate surface area is 118 Å². The zero-order chi connectivity index (χ0) is 13.6. The number of halogens is 2. The summed E-state index contributed by atoms with van der Waals surface area (Å²) in [5.41, 5.74) is 0.442. The van der Waals surface area contributed by atoms with Crippen LogP contribution >= 0.6 is 23.2 Å². The van der Waals surface area contributed by atoms with Gasteiger partial charge < -0.3 is 8.83 Å². The molecule has 0 N–H and O–H groups in total. The van der Waals surface area contributed by atoms with E-state index >= 15 is 0 Å². The Kier molecular flexibility index (Phi) is 2.88. The standard InChI is InChI=1S/C14H8Cl2O3/c1-7-2-3-11(18-7)13(17)12-5-8-4-9(15)6-10(16)14(8)19-12/h2-6H,1H3. The van der Waals surface area contributed by atoms with Crippen molar-refractivity contribution in [2.75, 3.05) is 0 Å². The molecule has 0 saturated carbocycles. The summed E-state index contributed by atoms with van der Waals surface area (Å²) in [5.74, 6) is 0.754. The fraction of sp³-hybridized carbons (Fsp3) is 0.0714. The van der Waals surface area contributed by atoms with Crippen LogP contribution in [0.1, 0.15) is 22.1 Å². The molecule has 0 radical (unpaired) electrons. The Morgan fingerprint density at radius 3 is 2.53 bits per heavy atom. The third kappa shape index (κ3) is 2.15. The Morgan fingerprint density at radius 2 is 1.84 bits per heavy atom. The lowest BCUT2D eigenvalue weighted by Crippen LogP contribution is -1.96. The van der Waals surface area contributed by atoms with Crippen LogP contribution in [-0.2, 0) is 0 Å². The summed E-state index contributed by atoms with van der Waals surface area (Å²) in [4.78, 5) is 12.2. The number of hydrogen-bond acceptors (Lipinski definition) is 3. The van der Waals surface area contributed by atoms with E-state index in [1.54, 1.807) is 37.3 Å². The summed E-state index contributed by atoms with van der Waals surface area (Å²) in [5, 5.41) is 1.55. The first-order valence-corrected chi connectivity index (χ1v) is 6.30. The summed E-state index contributed by atoms with van der Waals surface area (Å²) in [7, 11) is 0. The van der Waals surface area contributed by atoms with E-state index in [1.165, 1.54) is 0 Å². The average Bonchev–Trinajstić information content (AvgIpc) is 2.94. The second-order valence-corrected chi connectivity index (χ2v) is 5.00. The van der Waals surface area contributed by atoms with Gasteiger partial charge in [0.15, 0.2) is 17.1 Å². The quantitative estimate of drug-likeness (QED) is 0.633. The van der Waals surface area contributed by atoms with E-state index < -0.39 is 0 Å². The highest BCUT2D eigenvalue weighted by Crippen LogP contribution is 2.31. The smallest absolute Gasteiger partial charge is 0.263 e. The Hall–Kier alpha value is -1.71. The number of hydrogen-bond donors (Lipinski definition) is 0. The lowest BCUT2D eigenvalue weighted by Gasteiger charge is -1.93. The molecule has 2 aromatic heterocycles. The highest BCUT2D eigenvalue weighted by atomic mass is 35.5. The lowest BCUT2D eigenvalue weighted by molar-refractivity contribution is 0.0984. The molecule has 0 amide bonds. The molecular formula is C14H8Cl2O3. The fourth-order valence-corrected chi connectivity index (χ4v) is 2.41. The highest BCUT2D eigenvalue weighted by molar-refractivity contribution is 6.38. The first-order chi connectivity index (χ1) is 9.04. The molecule has 19 heavy (non-hydrogen) atoms. The highest BCUT2D eigenvalue weighted by Gasteiger charge is 2.19. The maximum atomic E-state index is 12.2. The molecule has 3 nitrogen and oxygen atoms in total. The van der Waals surface area contributed by atoms with E-state index in [2.05, 4.69) is 0 Å². The van der Waals surface area contributed by atoms with Crippen molar-refractivity contribution in [1.82, 2.24) is 0 Å². The third-order valence-corrected chi connectivity index (χ3v) is 3.22. The van der Waals surface area contributed by atoms with Crippen LogP contribution in [0.4, 0.5) is 0 Å². The summed E-state index contributed by atoms with van der Waals surface area (Å²) < 4.78 is 10.8. The number of ketones is 1. The van der Waals surface area contributed by atoms with Crippen molar-refractivity contribution in [3.8, 4) is 0 Å². The molecule has 5 heteroatoms. The van der Waals surface area contributed by atoms with Crippen LogP contribution < -0.4 is 0 Å². The lowest BCUT2D eigenvalue weighted by atomic mass is 10.2. The largest absolute Gasteiger partial charge is 0.458 e. The van der Waals surface area contributed by atoms with Crippen LogP contribution in [0.2, 0.25) is 10.0 Å². The van der Waals surface area contributed by atoms with Crippen LogP contribution in [0.3, 0.4) is 0 Å². The average molecular weight is 295 g/mol. The van der Waals surface area contributed by atoms with E-state index in [-0.39, 0.29) is 17.3 Å². The number of rotatable bonds is 2. The Morgan fingerprint density at radius 1 is 1.05 bits per heavy atom. The Balaban J connectivity index is 2.11. The molecule has 0 aliphatic rings. The second-order valence-electron chi connectivity index (χ2n) is 4.16. The first-order valence-electron chi connectivity index (χ1n) is 5.54. The predicted molar refractivity (Wildman–Crippen MR) is 73.1 cm³/mol. The van der Waals surface area contributed by atoms with Crippen molar-refractivity contribution >= 4 is 40.0 Å². The molecule has 96 valence electrons. The molecule has 0 unspecified atom stereocenters. The summed E-state index contributed by atoms with van der Waals surface area (Å²) in [6.45, 7) is 1.77. The van der Waals surface area contributed by atoms with Crippen molar-refractivity contribution in [1.29, 1.82) is 0 Å². The van der Waals surface area contributed by atoms with E-state index in [9.17, 15) is 4.79 Å². The molecule has 0 atom stereocenters. The zero-order valence-electron chi connectivity index (χ0n) is 9.87. The molecule has 1 aromatic carbocycles. The number of aryl methyl sites for hydroxylation is 1. The monoisotopic (exact) mass is 294 g/mol. The summed E-state index contributed by atoms with van der Waals surface area (Å²) in [6.07, 6.45) is 0. The van der Waals surface area contributed by atoms with Gasteiger partial charge in [-0.1, -0.05) is 23.2 Å². The zero-order valence-corrected chi connectivity index (χ0v) is 11.4. The maximum absolute atomic E-state index is 12.2. The summed E-state index contributed by atoms with van der Waals surface area (Å²) in [6, 6.07) is 8.20. The molecule has 3 rings (SSSR count). The number of carbonyl (C=O) groups is 1. The molecule has 2 heterocycles. The van der Waals surface area contributed by atoms with Gasteiger partial charge in [0.05, 0.1) is 5.02 Å². The number of carbonyl (C=O) groups excluding carboxylic acids is 1. The molecule has 0 fully saturated rings. The molecule has 0 aliphatic heterocycles. The van der Waals surface area contributed by atoms with Gasteiger partial charge in [-0.3, -0.25) is 4.79 Å². The number of benzene rings is 1. The van der Waals surface area contributed by atoms with Crippen molar-refractivity contribution in [3.05, 3.63) is 57.7 Å². The fourth-order valence-electron chi connectivity index (χ4n) is 1.87. The minimum atomic E-state index is -0.323. The van der Waals surface area contributed by atoms with Crippen molar-refractivity contribution in [3.63, 3.8) is 0 Å². The number of furan rings is 2. The Bertz CT molecular complexity index is 783. The molecule has 3 aromatic rings. The first kappa shape index (κ1) is 12.3. The van der Waals surface area contributed by atoms with Crippen LogP contribution in [0, 0.1) is 6.92 Å². The maximum Gasteiger partial charge on any atom is 0.263 e. The van der Waals surface area contributed by atoms with E-state index in [1.807, 2.05) is 0 Å². The van der Waals surface area contributed by atoms with E-state index in [0.717, 1.165) is 0 Å². The number of fused-ring (bicyclic) bond motifs is 1. The SMILES string of the molecule is Cc1ccc(C(=O)c2cc3cc(Cl)cc(Cl)c3o2)o1. The predicted octanol–water partition coefficient (Wildman–Crippen LogP) is 4.87.